The first-order chi connectivity index (χ1) is 13.5. The van der Waals surface area contributed by atoms with E-state index in [1.807, 2.05) is 0 Å². The van der Waals surface area contributed by atoms with E-state index < -0.39 is 0 Å². The van der Waals surface area contributed by atoms with Gasteiger partial charge in [-0.05, 0) is 43.8 Å². The van der Waals surface area contributed by atoms with E-state index in [2.05, 4.69) is 70.8 Å². The minimum absolute atomic E-state index is 0.339. The lowest BCUT2D eigenvalue weighted by Crippen LogP contribution is -2.59. The standard InChI is InChI=1S/C24H40N4/c1-24(2,19-26-14-12-25(3)13-15-26)20-28-17-22-10-7-11-27(22)18-23(28)16-21-8-5-4-6-9-21/h4-6,8-9,22-23H,7,10-20H2,1-3H3/t22-,23-/m0/s1. The molecule has 0 N–H and O–H groups in total. The third kappa shape index (κ3) is 5.15. The van der Waals surface area contributed by atoms with Gasteiger partial charge in [0.15, 0.2) is 0 Å². The molecule has 3 fully saturated rings. The van der Waals surface area contributed by atoms with Crippen molar-refractivity contribution in [1.82, 2.24) is 19.6 Å². The molecule has 1 aromatic rings. The van der Waals surface area contributed by atoms with Gasteiger partial charge in [-0.15, -0.1) is 0 Å². The highest BCUT2D eigenvalue weighted by atomic mass is 15.3. The van der Waals surface area contributed by atoms with E-state index in [4.69, 9.17) is 0 Å². The predicted molar refractivity (Wildman–Crippen MR) is 118 cm³/mol. The normalized spacial score (nSPS) is 28.5. The van der Waals surface area contributed by atoms with Gasteiger partial charge in [0.05, 0.1) is 0 Å². The second-order valence-electron chi connectivity index (χ2n) is 10.3. The number of likely N-dealkylation sites (N-methyl/N-ethyl adjacent to an activating group) is 1. The van der Waals surface area contributed by atoms with Crippen molar-refractivity contribution >= 4 is 0 Å². The van der Waals surface area contributed by atoms with Crippen LogP contribution in [0.5, 0.6) is 0 Å². The van der Waals surface area contributed by atoms with Crippen molar-refractivity contribution in [3.63, 3.8) is 0 Å². The minimum atomic E-state index is 0.339. The van der Waals surface area contributed by atoms with Crippen LogP contribution >= 0.6 is 0 Å². The molecule has 28 heavy (non-hydrogen) atoms. The molecule has 0 bridgehead atoms. The van der Waals surface area contributed by atoms with Crippen LogP contribution in [0.2, 0.25) is 0 Å². The molecule has 2 atom stereocenters. The molecule has 4 rings (SSSR count). The van der Waals surface area contributed by atoms with Crippen LogP contribution in [0, 0.1) is 5.41 Å². The quantitative estimate of drug-likeness (QED) is 0.747. The molecule has 3 aliphatic rings. The van der Waals surface area contributed by atoms with Gasteiger partial charge in [-0.3, -0.25) is 9.80 Å². The van der Waals surface area contributed by atoms with Crippen molar-refractivity contribution in [3.05, 3.63) is 35.9 Å². The maximum atomic E-state index is 2.86. The van der Waals surface area contributed by atoms with E-state index in [0.717, 1.165) is 6.04 Å². The lowest BCUT2D eigenvalue weighted by atomic mass is 9.89. The lowest BCUT2D eigenvalue weighted by molar-refractivity contribution is 0.0129. The number of fused-ring (bicyclic) bond motifs is 1. The minimum Gasteiger partial charge on any atom is -0.304 e. The summed E-state index contributed by atoms with van der Waals surface area (Å²) < 4.78 is 0. The smallest absolute Gasteiger partial charge is 0.0264 e. The summed E-state index contributed by atoms with van der Waals surface area (Å²) in [5.74, 6) is 0. The summed E-state index contributed by atoms with van der Waals surface area (Å²) >= 11 is 0. The first-order valence-electron chi connectivity index (χ1n) is 11.4. The molecule has 4 nitrogen and oxygen atoms in total. The molecular weight excluding hydrogens is 344 g/mol. The van der Waals surface area contributed by atoms with Gasteiger partial charge in [0, 0.05) is 64.4 Å². The average Bonchev–Trinajstić information content (AvgIpc) is 3.11. The van der Waals surface area contributed by atoms with Crippen LogP contribution in [0.3, 0.4) is 0 Å². The number of rotatable bonds is 6. The molecule has 3 heterocycles. The van der Waals surface area contributed by atoms with Gasteiger partial charge < -0.3 is 9.80 Å². The lowest BCUT2D eigenvalue weighted by Gasteiger charge is -2.47. The molecule has 0 aromatic heterocycles. The Morgan fingerprint density at radius 3 is 2.43 bits per heavy atom. The molecule has 0 aliphatic carbocycles. The third-order valence-electron chi connectivity index (χ3n) is 7.10. The van der Waals surface area contributed by atoms with Crippen LogP contribution in [0.15, 0.2) is 30.3 Å². The molecule has 3 aliphatic heterocycles. The Hall–Kier alpha value is -0.940. The maximum Gasteiger partial charge on any atom is 0.0264 e. The van der Waals surface area contributed by atoms with Crippen molar-refractivity contribution in [3.8, 4) is 0 Å². The summed E-state index contributed by atoms with van der Waals surface area (Å²) in [5.41, 5.74) is 1.83. The van der Waals surface area contributed by atoms with Gasteiger partial charge in [-0.25, -0.2) is 0 Å². The summed E-state index contributed by atoms with van der Waals surface area (Å²) in [7, 11) is 2.25. The Labute approximate surface area is 172 Å². The topological polar surface area (TPSA) is 13.0 Å². The van der Waals surface area contributed by atoms with Crippen LogP contribution in [0.25, 0.3) is 0 Å². The third-order valence-corrected chi connectivity index (χ3v) is 7.10. The zero-order chi connectivity index (χ0) is 19.6. The first kappa shape index (κ1) is 20.3. The summed E-state index contributed by atoms with van der Waals surface area (Å²) in [6, 6.07) is 12.6. The number of hydrogen-bond acceptors (Lipinski definition) is 4. The van der Waals surface area contributed by atoms with Crippen molar-refractivity contribution < 1.29 is 0 Å². The number of nitrogens with zero attached hydrogens (tertiary/aromatic N) is 4. The summed E-state index contributed by atoms with van der Waals surface area (Å²) in [4.78, 5) is 10.8. The van der Waals surface area contributed by atoms with Crippen LogP contribution in [0.4, 0.5) is 0 Å². The van der Waals surface area contributed by atoms with Gasteiger partial charge >= 0.3 is 0 Å². The van der Waals surface area contributed by atoms with E-state index >= 15 is 0 Å². The Balaban J connectivity index is 1.41. The van der Waals surface area contributed by atoms with Gasteiger partial charge in [-0.1, -0.05) is 44.2 Å². The average molecular weight is 385 g/mol. The fourth-order valence-electron chi connectivity index (χ4n) is 5.63. The summed E-state index contributed by atoms with van der Waals surface area (Å²) in [5, 5.41) is 0. The molecule has 156 valence electrons. The molecule has 0 radical (unpaired) electrons. The highest BCUT2D eigenvalue weighted by Crippen LogP contribution is 2.29. The Kier molecular flexibility index (Phi) is 6.41. The zero-order valence-electron chi connectivity index (χ0n) is 18.3. The Bertz CT molecular complexity index is 608. The van der Waals surface area contributed by atoms with Gasteiger partial charge in [0.1, 0.15) is 0 Å². The zero-order valence-corrected chi connectivity index (χ0v) is 18.3. The van der Waals surface area contributed by atoms with Crippen molar-refractivity contribution in [2.24, 2.45) is 5.41 Å². The Morgan fingerprint density at radius 1 is 0.929 bits per heavy atom. The number of piperazine rings is 2. The van der Waals surface area contributed by atoms with Crippen LogP contribution in [-0.4, -0.2) is 97.6 Å². The van der Waals surface area contributed by atoms with Gasteiger partial charge in [0.25, 0.3) is 0 Å². The van der Waals surface area contributed by atoms with Crippen LogP contribution < -0.4 is 0 Å². The SMILES string of the molecule is CN1CCN(CC(C)(C)CN2C[C@@H]3CCCN3C[C@@H]2Cc2ccccc2)CC1. The molecule has 0 spiro atoms. The van der Waals surface area contributed by atoms with Crippen molar-refractivity contribution in [2.75, 3.05) is 66.0 Å². The molecule has 0 amide bonds. The molecule has 4 heteroatoms. The highest BCUT2D eigenvalue weighted by Gasteiger charge is 2.38. The van der Waals surface area contributed by atoms with Crippen LogP contribution in [-0.2, 0) is 6.42 Å². The van der Waals surface area contributed by atoms with E-state index in [1.165, 1.54) is 83.7 Å². The fraction of sp³-hybridized carbons (Fsp3) is 0.750. The largest absolute Gasteiger partial charge is 0.304 e. The van der Waals surface area contributed by atoms with Crippen molar-refractivity contribution in [2.45, 2.75) is 45.2 Å². The fourth-order valence-corrected chi connectivity index (χ4v) is 5.63. The number of benzene rings is 1. The molecule has 1 aromatic carbocycles. The number of hydrogen-bond donors (Lipinski definition) is 0. The monoisotopic (exact) mass is 384 g/mol. The molecule has 3 saturated heterocycles. The highest BCUT2D eigenvalue weighted by molar-refractivity contribution is 5.16. The van der Waals surface area contributed by atoms with Gasteiger partial charge in [-0.2, -0.15) is 0 Å². The second-order valence-corrected chi connectivity index (χ2v) is 10.3. The second kappa shape index (κ2) is 8.83. The predicted octanol–water partition coefficient (Wildman–Crippen LogP) is 2.65. The maximum absolute atomic E-state index is 2.86. The molecular formula is C24H40N4. The molecule has 0 saturated carbocycles. The van der Waals surface area contributed by atoms with E-state index in [9.17, 15) is 0 Å². The summed E-state index contributed by atoms with van der Waals surface area (Å²) in [6.07, 6.45) is 3.98. The summed E-state index contributed by atoms with van der Waals surface area (Å²) in [6.45, 7) is 16.2. The van der Waals surface area contributed by atoms with Crippen molar-refractivity contribution in [1.29, 1.82) is 0 Å². The van der Waals surface area contributed by atoms with E-state index in [1.54, 1.807) is 0 Å². The first-order valence-corrected chi connectivity index (χ1v) is 11.4. The molecule has 0 unspecified atom stereocenters. The van der Waals surface area contributed by atoms with E-state index in [0.29, 0.717) is 11.5 Å². The van der Waals surface area contributed by atoms with Crippen LogP contribution in [0.1, 0.15) is 32.3 Å². The van der Waals surface area contributed by atoms with E-state index in [-0.39, 0.29) is 0 Å². The van der Waals surface area contributed by atoms with Gasteiger partial charge in [0.2, 0.25) is 0 Å². The Morgan fingerprint density at radius 2 is 1.68 bits per heavy atom.